The molecule has 2 heterocycles. The lowest BCUT2D eigenvalue weighted by atomic mass is 10.4. The van der Waals surface area contributed by atoms with E-state index in [-0.39, 0.29) is 0 Å². The third-order valence-electron chi connectivity index (χ3n) is 1.48. The van der Waals surface area contributed by atoms with Gasteiger partial charge in [0.05, 0.1) is 20.7 Å². The van der Waals surface area contributed by atoms with Gasteiger partial charge >= 0.3 is 0 Å². The highest BCUT2D eigenvalue weighted by Crippen LogP contribution is 2.31. The van der Waals surface area contributed by atoms with E-state index in [1.807, 2.05) is 12.1 Å². The fourth-order valence-corrected chi connectivity index (χ4v) is 2.39. The van der Waals surface area contributed by atoms with E-state index in [0.29, 0.717) is 11.8 Å². The number of halogens is 2. The average Bonchev–Trinajstić information content (AvgIpc) is 2.71. The van der Waals surface area contributed by atoms with Gasteiger partial charge in [0.15, 0.2) is 5.76 Å². The van der Waals surface area contributed by atoms with Crippen LogP contribution in [-0.4, -0.2) is 4.98 Å². The number of aromatic nitrogens is 1. The number of oxazole rings is 1. The van der Waals surface area contributed by atoms with Crippen LogP contribution >= 0.6 is 38.9 Å². The molecule has 0 N–H and O–H groups in total. The van der Waals surface area contributed by atoms with Gasteiger partial charge in [0.1, 0.15) is 0 Å². The van der Waals surface area contributed by atoms with Crippen molar-refractivity contribution >= 4 is 38.9 Å². The monoisotopic (exact) mass is 277 g/mol. The Morgan fingerprint density at radius 1 is 1.54 bits per heavy atom. The molecule has 0 unspecified atom stereocenters. The van der Waals surface area contributed by atoms with Gasteiger partial charge in [-0.1, -0.05) is 0 Å². The third kappa shape index (κ3) is 1.95. The van der Waals surface area contributed by atoms with Crippen molar-refractivity contribution in [2.24, 2.45) is 0 Å². The fourth-order valence-electron chi connectivity index (χ4n) is 0.933. The molecule has 0 amide bonds. The van der Waals surface area contributed by atoms with Gasteiger partial charge in [0.2, 0.25) is 5.89 Å². The van der Waals surface area contributed by atoms with Gasteiger partial charge in [-0.05, 0) is 28.1 Å². The molecule has 0 fully saturated rings. The Kier molecular flexibility index (Phi) is 2.71. The molecule has 0 radical (unpaired) electrons. The Morgan fingerprint density at radius 3 is 2.92 bits per heavy atom. The second kappa shape index (κ2) is 3.82. The molecule has 13 heavy (non-hydrogen) atoms. The molecule has 2 nitrogen and oxygen atoms in total. The maximum absolute atomic E-state index is 5.57. The van der Waals surface area contributed by atoms with E-state index in [9.17, 15) is 0 Å². The van der Waals surface area contributed by atoms with Gasteiger partial charge in [0, 0.05) is 0 Å². The number of rotatable bonds is 2. The molecule has 2 aromatic rings. The van der Waals surface area contributed by atoms with Crippen LogP contribution in [0.25, 0.3) is 10.6 Å². The molecule has 0 aromatic carbocycles. The smallest absolute Gasteiger partial charge is 0.209 e. The SMILES string of the molecule is ClCc1ncc(-c2ccc(Br)s2)o1. The van der Waals surface area contributed by atoms with Crippen LogP contribution in [0.1, 0.15) is 5.89 Å². The largest absolute Gasteiger partial charge is 0.439 e. The van der Waals surface area contributed by atoms with E-state index in [1.54, 1.807) is 17.5 Å². The molecule has 0 bridgehead atoms. The summed E-state index contributed by atoms with van der Waals surface area (Å²) in [7, 11) is 0. The van der Waals surface area contributed by atoms with Crippen LogP contribution in [0.3, 0.4) is 0 Å². The predicted molar refractivity (Wildman–Crippen MR) is 57.1 cm³/mol. The molecule has 0 spiro atoms. The standard InChI is InChI=1S/C8H5BrClNOS/c9-7-2-1-6(13-7)5-4-11-8(3-10)12-5/h1-2,4H,3H2. The van der Waals surface area contributed by atoms with Gasteiger partial charge in [-0.3, -0.25) is 0 Å². The lowest BCUT2D eigenvalue weighted by molar-refractivity contribution is 0.530. The molecular weight excluding hydrogens is 274 g/mol. The summed E-state index contributed by atoms with van der Waals surface area (Å²) in [6, 6.07) is 3.95. The van der Waals surface area contributed by atoms with Crippen molar-refractivity contribution in [3.63, 3.8) is 0 Å². The molecule has 0 atom stereocenters. The van der Waals surface area contributed by atoms with Gasteiger partial charge in [0.25, 0.3) is 0 Å². The second-order valence-corrected chi connectivity index (χ2v) is 5.09. The molecule has 0 aliphatic rings. The predicted octanol–water partition coefficient (Wildman–Crippen LogP) is 3.90. The number of hydrogen-bond acceptors (Lipinski definition) is 3. The molecule has 2 aromatic heterocycles. The van der Waals surface area contributed by atoms with Gasteiger partial charge in [-0.25, -0.2) is 4.98 Å². The zero-order valence-electron chi connectivity index (χ0n) is 6.46. The van der Waals surface area contributed by atoms with Crippen LogP contribution in [0.5, 0.6) is 0 Å². The van der Waals surface area contributed by atoms with Crippen LogP contribution in [0, 0.1) is 0 Å². The minimum atomic E-state index is 0.312. The molecule has 0 aliphatic carbocycles. The maximum Gasteiger partial charge on any atom is 0.209 e. The number of alkyl halides is 1. The first-order valence-electron chi connectivity index (χ1n) is 3.56. The molecule has 5 heteroatoms. The Balaban J connectivity index is 2.35. The van der Waals surface area contributed by atoms with Gasteiger partial charge in [-0.15, -0.1) is 22.9 Å². The van der Waals surface area contributed by atoms with Crippen molar-refractivity contribution in [1.29, 1.82) is 0 Å². The summed E-state index contributed by atoms with van der Waals surface area (Å²) in [6.07, 6.45) is 1.69. The highest BCUT2D eigenvalue weighted by Gasteiger charge is 2.07. The maximum atomic E-state index is 5.57. The zero-order chi connectivity index (χ0) is 9.26. The van der Waals surface area contributed by atoms with Crippen LogP contribution in [-0.2, 0) is 5.88 Å². The number of hydrogen-bond donors (Lipinski definition) is 0. The zero-order valence-corrected chi connectivity index (χ0v) is 9.62. The lowest BCUT2D eigenvalue weighted by Crippen LogP contribution is -1.70. The molecule has 0 saturated carbocycles. The second-order valence-electron chi connectivity index (χ2n) is 2.36. The topological polar surface area (TPSA) is 26.0 Å². The first-order chi connectivity index (χ1) is 6.29. The van der Waals surface area contributed by atoms with E-state index >= 15 is 0 Å². The van der Waals surface area contributed by atoms with Crippen molar-refractivity contribution in [1.82, 2.24) is 4.98 Å². The van der Waals surface area contributed by atoms with E-state index in [0.717, 1.165) is 14.4 Å². The highest BCUT2D eigenvalue weighted by atomic mass is 79.9. The minimum Gasteiger partial charge on any atom is -0.439 e. The number of thiophene rings is 1. The third-order valence-corrected chi connectivity index (χ3v) is 3.35. The quantitative estimate of drug-likeness (QED) is 0.779. The summed E-state index contributed by atoms with van der Waals surface area (Å²) in [6.45, 7) is 0. The summed E-state index contributed by atoms with van der Waals surface area (Å²) in [5.74, 6) is 1.64. The van der Waals surface area contributed by atoms with E-state index < -0.39 is 0 Å². The summed E-state index contributed by atoms with van der Waals surface area (Å²) < 4.78 is 6.45. The normalized spacial score (nSPS) is 10.6. The number of nitrogens with zero attached hydrogens (tertiary/aromatic N) is 1. The Morgan fingerprint density at radius 2 is 2.38 bits per heavy atom. The Bertz CT molecular complexity index is 412. The molecule has 0 saturated heterocycles. The van der Waals surface area contributed by atoms with Crippen LogP contribution in [0.2, 0.25) is 0 Å². The Labute approximate surface area is 92.7 Å². The van der Waals surface area contributed by atoms with Gasteiger partial charge < -0.3 is 4.42 Å². The van der Waals surface area contributed by atoms with Crippen molar-refractivity contribution in [2.45, 2.75) is 5.88 Å². The van der Waals surface area contributed by atoms with E-state index in [1.165, 1.54) is 0 Å². The molecule has 2 rings (SSSR count). The average molecular weight is 279 g/mol. The molecule has 68 valence electrons. The summed E-state index contributed by atoms with van der Waals surface area (Å²) in [4.78, 5) is 5.06. The highest BCUT2D eigenvalue weighted by molar-refractivity contribution is 9.11. The summed E-state index contributed by atoms with van der Waals surface area (Å²) in [5, 5.41) is 0. The van der Waals surface area contributed by atoms with Crippen molar-refractivity contribution in [3.8, 4) is 10.6 Å². The van der Waals surface area contributed by atoms with E-state index in [4.69, 9.17) is 16.0 Å². The molecular formula is C8H5BrClNOS. The minimum absolute atomic E-state index is 0.312. The summed E-state index contributed by atoms with van der Waals surface area (Å²) >= 11 is 10.6. The van der Waals surface area contributed by atoms with Crippen LogP contribution < -0.4 is 0 Å². The van der Waals surface area contributed by atoms with Gasteiger partial charge in [-0.2, -0.15) is 0 Å². The fraction of sp³-hybridized carbons (Fsp3) is 0.125. The Hall–Kier alpha value is -0.320. The van der Waals surface area contributed by atoms with Crippen LogP contribution in [0.4, 0.5) is 0 Å². The van der Waals surface area contributed by atoms with E-state index in [2.05, 4.69) is 20.9 Å². The van der Waals surface area contributed by atoms with Crippen molar-refractivity contribution in [3.05, 3.63) is 28.0 Å². The van der Waals surface area contributed by atoms with Crippen molar-refractivity contribution in [2.75, 3.05) is 0 Å². The van der Waals surface area contributed by atoms with Crippen LogP contribution in [0.15, 0.2) is 26.5 Å². The first kappa shape index (κ1) is 9.24. The summed E-state index contributed by atoms with van der Waals surface area (Å²) in [5.41, 5.74) is 0. The molecule has 0 aliphatic heterocycles. The van der Waals surface area contributed by atoms with Crippen molar-refractivity contribution < 1.29 is 4.42 Å². The lowest BCUT2D eigenvalue weighted by Gasteiger charge is -1.86. The first-order valence-corrected chi connectivity index (χ1v) is 5.70.